The van der Waals surface area contributed by atoms with Crippen LogP contribution >= 0.6 is 10.8 Å². The van der Waals surface area contributed by atoms with E-state index in [1.165, 1.54) is 0 Å². The first kappa shape index (κ1) is 13.6. The summed E-state index contributed by atoms with van der Waals surface area (Å²) in [5.41, 5.74) is 0. The lowest BCUT2D eigenvalue weighted by Gasteiger charge is -2.02. The van der Waals surface area contributed by atoms with Crippen molar-refractivity contribution in [2.75, 3.05) is 5.75 Å². The molecule has 1 aromatic rings. The molecular weight excluding hydrogens is 246 g/mol. The second kappa shape index (κ2) is 6.98. The zero-order valence-electron chi connectivity index (χ0n) is 9.08. The number of aryl methyl sites for hydroxylation is 1. The fourth-order valence-corrected chi connectivity index (χ4v) is 2.95. The van der Waals surface area contributed by atoms with E-state index < -0.39 is 9.15 Å². The summed E-state index contributed by atoms with van der Waals surface area (Å²) in [5.74, 6) is 0.475. The molecule has 0 spiro atoms. The topological polar surface area (TPSA) is 59.3 Å². The molecule has 0 bridgehead atoms. The predicted molar refractivity (Wildman–Crippen MR) is 66.9 cm³/mol. The molecule has 0 aliphatic heterocycles. The Kier molecular flexibility index (Phi) is 5.94. The second-order valence-electron chi connectivity index (χ2n) is 3.58. The van der Waals surface area contributed by atoms with Crippen LogP contribution in [-0.2, 0) is 15.7 Å². The molecule has 0 unspecified atom stereocenters. The molecule has 0 aliphatic rings. The lowest BCUT2D eigenvalue weighted by molar-refractivity contribution is 0.503. The minimum atomic E-state index is -3.84. The fraction of sp³-hybridized carbons (Fsp3) is 0.600. The first-order chi connectivity index (χ1) is 7.58. The van der Waals surface area contributed by atoms with Crippen LogP contribution in [0.1, 0.15) is 25.7 Å². The maximum absolute atomic E-state index is 10.4. The molecule has 0 fully saturated rings. The highest BCUT2D eigenvalue weighted by molar-refractivity contribution is 8.69. The van der Waals surface area contributed by atoms with Crippen molar-refractivity contribution in [3.8, 4) is 0 Å². The monoisotopic (exact) mass is 263 g/mol. The molecule has 0 atom stereocenters. The molecule has 1 rings (SSSR count). The van der Waals surface area contributed by atoms with Gasteiger partial charge < -0.3 is 4.57 Å². The predicted octanol–water partition coefficient (Wildman–Crippen LogP) is 2.58. The Balaban J connectivity index is 1.93. The van der Waals surface area contributed by atoms with E-state index in [0.29, 0.717) is 16.5 Å². The summed E-state index contributed by atoms with van der Waals surface area (Å²) >= 11 is 0. The van der Waals surface area contributed by atoms with Crippen LogP contribution in [0.15, 0.2) is 24.5 Å². The summed E-state index contributed by atoms with van der Waals surface area (Å²) in [5, 5.41) is 0. The summed E-state index contributed by atoms with van der Waals surface area (Å²) in [6.07, 6.45) is 8.09. The van der Waals surface area contributed by atoms with E-state index in [0.717, 1.165) is 32.2 Å². The first-order valence-corrected chi connectivity index (χ1v) is 8.25. The molecule has 0 amide bonds. The van der Waals surface area contributed by atoms with Gasteiger partial charge in [-0.1, -0.05) is 12.8 Å². The van der Waals surface area contributed by atoms with Gasteiger partial charge in [0, 0.05) is 24.7 Å². The minimum absolute atomic E-state index is 0.475. The average Bonchev–Trinajstić information content (AvgIpc) is 2.67. The Morgan fingerprint density at radius 3 is 2.31 bits per heavy atom. The molecule has 0 radical (unpaired) electrons. The van der Waals surface area contributed by atoms with Gasteiger partial charge in [-0.25, -0.2) is 0 Å². The van der Waals surface area contributed by atoms with Crippen LogP contribution < -0.4 is 0 Å². The highest BCUT2D eigenvalue weighted by Gasteiger charge is 2.03. The van der Waals surface area contributed by atoms with Gasteiger partial charge in [-0.05, 0) is 35.8 Å². The highest BCUT2D eigenvalue weighted by atomic mass is 33.1. The van der Waals surface area contributed by atoms with E-state index in [4.69, 9.17) is 4.55 Å². The molecule has 0 aromatic carbocycles. The number of unbranched alkanes of at least 4 members (excludes halogenated alkanes) is 3. The number of hydrogen-bond donors (Lipinski definition) is 1. The molecule has 16 heavy (non-hydrogen) atoms. The SMILES string of the molecule is O=S(=O)(O)SCCCCCCn1cccc1. The molecule has 1 N–H and O–H groups in total. The Morgan fingerprint density at radius 2 is 1.69 bits per heavy atom. The molecular formula is C10H17NO3S2. The summed E-state index contributed by atoms with van der Waals surface area (Å²) in [6, 6.07) is 4.01. The molecule has 0 saturated carbocycles. The molecule has 6 heteroatoms. The van der Waals surface area contributed by atoms with Crippen molar-refractivity contribution in [1.29, 1.82) is 0 Å². The maximum atomic E-state index is 10.4. The van der Waals surface area contributed by atoms with E-state index >= 15 is 0 Å². The Morgan fingerprint density at radius 1 is 1.06 bits per heavy atom. The van der Waals surface area contributed by atoms with Gasteiger partial charge in [0.1, 0.15) is 0 Å². The smallest absolute Gasteiger partial charge is 0.319 e. The molecule has 4 nitrogen and oxygen atoms in total. The van der Waals surface area contributed by atoms with Gasteiger partial charge >= 0.3 is 9.15 Å². The van der Waals surface area contributed by atoms with Crippen LogP contribution in [0.2, 0.25) is 0 Å². The zero-order valence-corrected chi connectivity index (χ0v) is 10.7. The highest BCUT2D eigenvalue weighted by Crippen LogP contribution is 2.13. The lowest BCUT2D eigenvalue weighted by atomic mass is 10.2. The van der Waals surface area contributed by atoms with Crippen molar-refractivity contribution in [2.45, 2.75) is 32.2 Å². The van der Waals surface area contributed by atoms with Crippen molar-refractivity contribution in [1.82, 2.24) is 4.57 Å². The summed E-state index contributed by atoms with van der Waals surface area (Å²) < 4.78 is 31.4. The average molecular weight is 263 g/mol. The van der Waals surface area contributed by atoms with Crippen LogP contribution in [-0.4, -0.2) is 23.3 Å². The summed E-state index contributed by atoms with van der Waals surface area (Å²) in [4.78, 5) is 0. The second-order valence-corrected chi connectivity index (χ2v) is 7.06. The van der Waals surface area contributed by atoms with Crippen molar-refractivity contribution < 1.29 is 13.0 Å². The quantitative estimate of drug-likeness (QED) is 0.445. The molecule has 92 valence electrons. The fourth-order valence-electron chi connectivity index (χ4n) is 1.43. The molecule has 0 saturated heterocycles. The number of hydrogen-bond acceptors (Lipinski definition) is 3. The van der Waals surface area contributed by atoms with Gasteiger partial charge in [-0.3, -0.25) is 4.55 Å². The third-order valence-electron chi connectivity index (χ3n) is 2.21. The largest absolute Gasteiger partial charge is 0.354 e. The van der Waals surface area contributed by atoms with Crippen LogP contribution in [0.3, 0.4) is 0 Å². The van der Waals surface area contributed by atoms with Crippen LogP contribution in [0, 0.1) is 0 Å². The Hall–Kier alpha value is -0.460. The number of rotatable bonds is 8. The van der Waals surface area contributed by atoms with Crippen LogP contribution in [0.5, 0.6) is 0 Å². The van der Waals surface area contributed by atoms with Crippen molar-refractivity contribution in [2.24, 2.45) is 0 Å². The van der Waals surface area contributed by atoms with Gasteiger partial charge in [-0.2, -0.15) is 8.42 Å². The molecule has 0 aliphatic carbocycles. The lowest BCUT2D eigenvalue weighted by Crippen LogP contribution is -1.95. The van der Waals surface area contributed by atoms with Crippen LogP contribution in [0.25, 0.3) is 0 Å². The van der Waals surface area contributed by atoms with E-state index in [1.807, 2.05) is 24.5 Å². The maximum Gasteiger partial charge on any atom is 0.319 e. The van der Waals surface area contributed by atoms with Gasteiger partial charge in [0.25, 0.3) is 0 Å². The third-order valence-corrected chi connectivity index (χ3v) is 4.36. The number of aromatic nitrogens is 1. The minimum Gasteiger partial charge on any atom is -0.354 e. The summed E-state index contributed by atoms with van der Waals surface area (Å²) in [6.45, 7) is 1.01. The van der Waals surface area contributed by atoms with Crippen molar-refractivity contribution >= 4 is 19.9 Å². The van der Waals surface area contributed by atoms with Gasteiger partial charge in [0.05, 0.1) is 0 Å². The van der Waals surface area contributed by atoms with Gasteiger partial charge in [0.2, 0.25) is 0 Å². The van der Waals surface area contributed by atoms with Crippen molar-refractivity contribution in [3.05, 3.63) is 24.5 Å². The van der Waals surface area contributed by atoms with Crippen molar-refractivity contribution in [3.63, 3.8) is 0 Å². The van der Waals surface area contributed by atoms with E-state index in [1.54, 1.807) is 0 Å². The normalized spacial score (nSPS) is 11.8. The zero-order chi connectivity index (χ0) is 11.9. The molecule has 1 aromatic heterocycles. The van der Waals surface area contributed by atoms with Gasteiger partial charge in [-0.15, -0.1) is 0 Å². The third kappa shape index (κ3) is 6.92. The molecule has 1 heterocycles. The van der Waals surface area contributed by atoms with E-state index in [9.17, 15) is 8.42 Å². The van der Waals surface area contributed by atoms with Gasteiger partial charge in [0.15, 0.2) is 0 Å². The van der Waals surface area contributed by atoms with Crippen LogP contribution in [0.4, 0.5) is 0 Å². The Labute approximate surface area is 100 Å². The van der Waals surface area contributed by atoms with E-state index in [-0.39, 0.29) is 0 Å². The standard InChI is InChI=1S/C10H17NO3S2/c12-16(13,14)15-10-6-2-1-3-7-11-8-4-5-9-11/h4-5,8-9H,1-3,6-7,10H2,(H,12,13,14). The summed E-state index contributed by atoms with van der Waals surface area (Å²) in [7, 11) is -3.23. The first-order valence-electron chi connectivity index (χ1n) is 5.30. The Bertz CT molecular complexity index is 373. The van der Waals surface area contributed by atoms with E-state index in [2.05, 4.69) is 4.57 Å². The number of nitrogens with zero attached hydrogens (tertiary/aromatic N) is 1.